The van der Waals surface area contributed by atoms with E-state index in [-0.39, 0.29) is 0 Å². The van der Waals surface area contributed by atoms with Gasteiger partial charge >= 0.3 is 0 Å². The zero-order valence-electron chi connectivity index (χ0n) is 9.59. The predicted octanol–water partition coefficient (Wildman–Crippen LogP) is 4.66. The van der Waals surface area contributed by atoms with Gasteiger partial charge in [-0.25, -0.2) is 4.98 Å². The maximum Gasteiger partial charge on any atom is 0.286 e. The minimum absolute atomic E-state index is 0.663. The van der Waals surface area contributed by atoms with Gasteiger partial charge in [0.1, 0.15) is 0 Å². The van der Waals surface area contributed by atoms with Crippen molar-refractivity contribution in [3.8, 4) is 5.19 Å². The molecule has 0 atom stereocenters. The van der Waals surface area contributed by atoms with Gasteiger partial charge in [0.15, 0.2) is 0 Å². The van der Waals surface area contributed by atoms with Crippen molar-refractivity contribution in [1.29, 1.82) is 0 Å². The lowest BCUT2D eigenvalue weighted by Gasteiger charge is -2.18. The van der Waals surface area contributed by atoms with E-state index in [0.29, 0.717) is 5.25 Å². The largest absolute Gasteiger partial charge is 0.396 e. The molecule has 1 aromatic carbocycles. The second kappa shape index (κ2) is 5.27. The monoisotopic (exact) mass is 265 g/mol. The Labute approximate surface area is 110 Å². The standard InChI is InChI=1S/C13H15NOS2/c1-2-6-10(7-3-1)17-15-13-14-11-8-4-5-9-12(11)16-13/h4-5,8-10H,1-3,6-7H2. The summed E-state index contributed by atoms with van der Waals surface area (Å²) in [4.78, 5) is 4.47. The van der Waals surface area contributed by atoms with E-state index < -0.39 is 0 Å². The Morgan fingerprint density at radius 1 is 1.18 bits per heavy atom. The summed E-state index contributed by atoms with van der Waals surface area (Å²) in [5.41, 5.74) is 1.04. The molecule has 0 aliphatic heterocycles. The number of benzene rings is 1. The van der Waals surface area contributed by atoms with Gasteiger partial charge in [0.25, 0.3) is 5.19 Å². The molecule has 1 aliphatic carbocycles. The molecule has 2 nitrogen and oxygen atoms in total. The molecular formula is C13H15NOS2. The summed E-state index contributed by atoms with van der Waals surface area (Å²) in [5.74, 6) is 0. The Morgan fingerprint density at radius 2 is 2.00 bits per heavy atom. The lowest BCUT2D eigenvalue weighted by Crippen LogP contribution is -2.09. The fraction of sp³-hybridized carbons (Fsp3) is 0.462. The highest BCUT2D eigenvalue weighted by molar-refractivity contribution is 7.95. The number of rotatable bonds is 3. The number of hydrogen-bond donors (Lipinski definition) is 0. The van der Waals surface area contributed by atoms with Crippen LogP contribution < -0.4 is 4.18 Å². The van der Waals surface area contributed by atoms with Crippen molar-refractivity contribution < 1.29 is 4.18 Å². The molecular weight excluding hydrogens is 250 g/mol. The first-order chi connectivity index (χ1) is 8.42. The zero-order valence-corrected chi connectivity index (χ0v) is 11.2. The summed E-state index contributed by atoms with van der Waals surface area (Å²) in [6, 6.07) is 8.17. The third kappa shape index (κ3) is 2.75. The van der Waals surface area contributed by atoms with Crippen LogP contribution in [-0.2, 0) is 0 Å². The number of nitrogens with zero attached hydrogens (tertiary/aromatic N) is 1. The van der Waals surface area contributed by atoms with Gasteiger partial charge in [-0.2, -0.15) is 0 Å². The van der Waals surface area contributed by atoms with Crippen molar-refractivity contribution in [3.63, 3.8) is 0 Å². The Balaban J connectivity index is 1.64. The fourth-order valence-electron chi connectivity index (χ4n) is 2.16. The molecule has 3 rings (SSSR count). The molecule has 0 unspecified atom stereocenters. The van der Waals surface area contributed by atoms with Crippen LogP contribution in [0.15, 0.2) is 24.3 Å². The third-order valence-electron chi connectivity index (χ3n) is 3.08. The highest BCUT2D eigenvalue weighted by Crippen LogP contribution is 2.34. The maximum absolute atomic E-state index is 5.75. The van der Waals surface area contributed by atoms with Crippen molar-refractivity contribution in [1.82, 2.24) is 4.98 Å². The Kier molecular flexibility index (Phi) is 3.52. The first-order valence-electron chi connectivity index (χ1n) is 6.11. The second-order valence-electron chi connectivity index (χ2n) is 4.39. The topological polar surface area (TPSA) is 22.1 Å². The number of hydrogen-bond acceptors (Lipinski definition) is 4. The van der Waals surface area contributed by atoms with Crippen LogP contribution in [0.3, 0.4) is 0 Å². The SMILES string of the molecule is c1ccc2sc(OSC3CCCCC3)nc2c1. The molecule has 1 aromatic heterocycles. The van der Waals surface area contributed by atoms with Gasteiger partial charge in [0.2, 0.25) is 0 Å². The van der Waals surface area contributed by atoms with Crippen LogP contribution >= 0.6 is 23.4 Å². The lowest BCUT2D eigenvalue weighted by molar-refractivity contribution is 0.501. The summed E-state index contributed by atoms with van der Waals surface area (Å²) in [6.45, 7) is 0. The molecule has 0 bridgehead atoms. The first kappa shape index (κ1) is 11.4. The molecule has 90 valence electrons. The van der Waals surface area contributed by atoms with Crippen LogP contribution in [0, 0.1) is 0 Å². The Morgan fingerprint density at radius 3 is 2.82 bits per heavy atom. The molecule has 1 heterocycles. The number of thiazole rings is 1. The molecule has 1 saturated carbocycles. The average molecular weight is 265 g/mol. The van der Waals surface area contributed by atoms with E-state index in [1.54, 1.807) is 23.4 Å². The zero-order chi connectivity index (χ0) is 11.5. The molecule has 0 N–H and O–H groups in total. The van der Waals surface area contributed by atoms with Crippen molar-refractivity contribution >= 4 is 33.6 Å². The number of para-hydroxylation sites is 1. The van der Waals surface area contributed by atoms with Gasteiger partial charge in [0.05, 0.1) is 22.3 Å². The summed E-state index contributed by atoms with van der Waals surface area (Å²) in [5, 5.41) is 1.46. The quantitative estimate of drug-likeness (QED) is 0.754. The number of fused-ring (bicyclic) bond motifs is 1. The van der Waals surface area contributed by atoms with Crippen LogP contribution in [0.5, 0.6) is 5.19 Å². The molecule has 4 heteroatoms. The van der Waals surface area contributed by atoms with Crippen molar-refractivity contribution in [2.45, 2.75) is 37.4 Å². The average Bonchev–Trinajstić information content (AvgIpc) is 2.80. The predicted molar refractivity (Wildman–Crippen MR) is 74.7 cm³/mol. The van der Waals surface area contributed by atoms with Gasteiger partial charge in [-0.3, -0.25) is 0 Å². The van der Waals surface area contributed by atoms with Gasteiger partial charge in [-0.15, -0.1) is 0 Å². The van der Waals surface area contributed by atoms with E-state index in [0.717, 1.165) is 10.7 Å². The van der Waals surface area contributed by atoms with Crippen LogP contribution in [0.25, 0.3) is 10.2 Å². The number of aromatic nitrogens is 1. The minimum atomic E-state index is 0.663. The molecule has 0 radical (unpaired) electrons. The van der Waals surface area contributed by atoms with E-state index in [1.165, 1.54) is 36.8 Å². The molecule has 2 aromatic rings. The molecule has 0 saturated heterocycles. The second-order valence-corrected chi connectivity index (χ2v) is 6.41. The third-order valence-corrected chi connectivity index (χ3v) is 5.10. The fourth-order valence-corrected chi connectivity index (χ4v) is 3.89. The summed E-state index contributed by atoms with van der Waals surface area (Å²) in [6.07, 6.45) is 6.66. The van der Waals surface area contributed by atoms with Gasteiger partial charge in [-0.05, 0) is 25.0 Å². The lowest BCUT2D eigenvalue weighted by atomic mass is 10.0. The summed E-state index contributed by atoms with van der Waals surface area (Å²) < 4.78 is 6.96. The van der Waals surface area contributed by atoms with Gasteiger partial charge in [0, 0.05) is 5.25 Å². The van der Waals surface area contributed by atoms with Crippen LogP contribution in [0.4, 0.5) is 0 Å². The van der Waals surface area contributed by atoms with E-state index >= 15 is 0 Å². The summed E-state index contributed by atoms with van der Waals surface area (Å²) in [7, 11) is 0. The van der Waals surface area contributed by atoms with Crippen molar-refractivity contribution in [2.24, 2.45) is 0 Å². The molecule has 17 heavy (non-hydrogen) atoms. The van der Waals surface area contributed by atoms with Crippen LogP contribution in [0.1, 0.15) is 32.1 Å². The minimum Gasteiger partial charge on any atom is -0.396 e. The van der Waals surface area contributed by atoms with E-state index in [2.05, 4.69) is 11.1 Å². The van der Waals surface area contributed by atoms with Crippen molar-refractivity contribution in [3.05, 3.63) is 24.3 Å². The van der Waals surface area contributed by atoms with E-state index in [9.17, 15) is 0 Å². The summed E-state index contributed by atoms with van der Waals surface area (Å²) >= 11 is 3.25. The first-order valence-corrected chi connectivity index (χ1v) is 7.73. The highest BCUT2D eigenvalue weighted by atomic mass is 32.2. The molecule has 0 amide bonds. The van der Waals surface area contributed by atoms with Gasteiger partial charge in [-0.1, -0.05) is 42.7 Å². The van der Waals surface area contributed by atoms with E-state index in [1.807, 2.05) is 18.2 Å². The van der Waals surface area contributed by atoms with Gasteiger partial charge < -0.3 is 4.18 Å². The molecule has 1 aliphatic rings. The Bertz CT molecular complexity index is 458. The Hall–Kier alpha value is -0.740. The van der Waals surface area contributed by atoms with E-state index in [4.69, 9.17) is 4.18 Å². The molecule has 1 fully saturated rings. The van der Waals surface area contributed by atoms with Crippen molar-refractivity contribution in [2.75, 3.05) is 0 Å². The smallest absolute Gasteiger partial charge is 0.286 e. The van der Waals surface area contributed by atoms with Crippen LogP contribution in [0.2, 0.25) is 0 Å². The normalized spacial score (nSPS) is 17.4. The van der Waals surface area contributed by atoms with Crippen LogP contribution in [-0.4, -0.2) is 10.2 Å². The highest BCUT2D eigenvalue weighted by Gasteiger charge is 2.16. The molecule has 0 spiro atoms. The maximum atomic E-state index is 5.75.